The maximum atomic E-state index is 13.0. The van der Waals surface area contributed by atoms with Crippen LogP contribution < -0.4 is 16.0 Å². The molecule has 14 heteroatoms. The molecule has 3 atom stereocenters. The molecule has 0 saturated heterocycles. The van der Waals surface area contributed by atoms with E-state index in [-0.39, 0.29) is 29.1 Å². The Labute approximate surface area is 234 Å². The van der Waals surface area contributed by atoms with Gasteiger partial charge in [-0.2, -0.15) is 13.2 Å². The molecule has 3 unspecified atom stereocenters. The zero-order chi connectivity index (χ0) is 27.3. The molecule has 2 saturated carbocycles. The van der Waals surface area contributed by atoms with Crippen LogP contribution in [0.5, 0.6) is 0 Å². The number of carbonyl (C=O) groups excluding carboxylic acids is 2. The van der Waals surface area contributed by atoms with E-state index in [4.69, 9.17) is 58.0 Å². The Hall–Kier alpha value is -1.46. The molecule has 0 heterocycles. The molecule has 4 rings (SSSR count). The fourth-order valence-corrected chi connectivity index (χ4v) is 5.70. The highest BCUT2D eigenvalue weighted by atomic mass is 35.5. The van der Waals surface area contributed by atoms with Crippen molar-refractivity contribution in [1.82, 2.24) is 10.6 Å². The Morgan fingerprint density at radius 3 is 2.24 bits per heavy atom. The molecule has 6 nitrogen and oxygen atoms in total. The Morgan fingerprint density at radius 2 is 1.68 bits per heavy atom. The quantitative estimate of drug-likeness (QED) is 0.219. The molecule has 2 amide bonds. The zero-order valence-electron chi connectivity index (χ0n) is 18.6. The third-order valence-electron chi connectivity index (χ3n) is 6.23. The van der Waals surface area contributed by atoms with Crippen molar-refractivity contribution in [2.45, 2.75) is 41.0 Å². The second-order valence-electron chi connectivity index (χ2n) is 9.03. The number of amides is 2. The van der Waals surface area contributed by atoms with Crippen LogP contribution in [-0.2, 0) is 4.79 Å². The summed E-state index contributed by atoms with van der Waals surface area (Å²) in [7, 11) is 0. The Kier molecular flexibility index (Phi) is 7.92. The lowest BCUT2D eigenvalue weighted by molar-refractivity contribution is -0.132. The van der Waals surface area contributed by atoms with E-state index in [1.165, 1.54) is 24.3 Å². The minimum absolute atomic E-state index is 0.0333. The summed E-state index contributed by atoms with van der Waals surface area (Å²) in [4.78, 5) is 25.9. The van der Waals surface area contributed by atoms with Crippen LogP contribution in [0.3, 0.4) is 0 Å². The van der Waals surface area contributed by atoms with Gasteiger partial charge in [-0.1, -0.05) is 34.8 Å². The molecule has 2 aliphatic carbocycles. The van der Waals surface area contributed by atoms with Crippen molar-refractivity contribution < 1.29 is 27.9 Å². The second kappa shape index (κ2) is 10.3. The van der Waals surface area contributed by atoms with Crippen LogP contribution in [0.2, 0.25) is 15.1 Å². The lowest BCUT2D eigenvalue weighted by atomic mass is 10.1. The first kappa shape index (κ1) is 28.5. The van der Waals surface area contributed by atoms with Crippen molar-refractivity contribution in [2.75, 3.05) is 11.9 Å². The third kappa shape index (κ3) is 6.41. The zero-order valence-corrected chi connectivity index (χ0v) is 22.4. The third-order valence-corrected chi connectivity index (χ3v) is 7.94. The van der Waals surface area contributed by atoms with Crippen LogP contribution in [0.1, 0.15) is 34.7 Å². The van der Waals surface area contributed by atoms with Gasteiger partial charge in [-0.15, -0.1) is 23.2 Å². The number of rotatable bonds is 8. The molecule has 4 N–H and O–H groups in total. The first-order valence-electron chi connectivity index (χ1n) is 10.9. The van der Waals surface area contributed by atoms with Crippen molar-refractivity contribution in [3.63, 3.8) is 0 Å². The van der Waals surface area contributed by atoms with Crippen molar-refractivity contribution in [3.05, 3.63) is 62.6 Å². The van der Waals surface area contributed by atoms with Gasteiger partial charge in [0.25, 0.3) is 5.91 Å². The molecule has 37 heavy (non-hydrogen) atoms. The minimum Gasteiger partial charge on any atom is -0.376 e. The number of aliphatic hydroxyl groups excluding tert-OH is 1. The normalized spacial score (nSPS) is 22.2. The molecule has 0 aromatic heterocycles. The topological polar surface area (TPSA) is 90.5 Å². The van der Waals surface area contributed by atoms with E-state index in [1.807, 2.05) is 5.32 Å². The van der Waals surface area contributed by atoms with Crippen molar-refractivity contribution in [1.29, 1.82) is 0 Å². The highest BCUT2D eigenvalue weighted by Gasteiger charge is 2.67. The van der Waals surface area contributed by atoms with Gasteiger partial charge in [-0.25, -0.2) is 0 Å². The van der Waals surface area contributed by atoms with E-state index in [1.54, 1.807) is 12.1 Å². The standard InChI is InChI=1S/C23H19Cl5F3N3O3/c24-11-5-10(6-12(25)7-11)16-17(23(16,27)28)19(36)33-13-1-2-15(26)14(8-13)18(35)34-21(3-4-21)20(37)32-9-22(29,30)31/h1-2,5-8,16-17,20,32,37H,3-4,9H2,(H,33,36)(H,34,35). The largest absolute Gasteiger partial charge is 0.401 e. The van der Waals surface area contributed by atoms with Crippen LogP contribution >= 0.6 is 58.0 Å². The maximum Gasteiger partial charge on any atom is 0.401 e. The van der Waals surface area contributed by atoms with Crippen LogP contribution in [0.4, 0.5) is 18.9 Å². The summed E-state index contributed by atoms with van der Waals surface area (Å²) in [6, 6.07) is 8.90. The van der Waals surface area contributed by atoms with Gasteiger partial charge in [-0.3, -0.25) is 14.9 Å². The number of nitrogens with one attached hydrogen (secondary N) is 3. The molecular formula is C23H19Cl5F3N3O3. The van der Waals surface area contributed by atoms with Gasteiger partial charge in [0.1, 0.15) is 10.6 Å². The summed E-state index contributed by atoms with van der Waals surface area (Å²) < 4.78 is 36.0. The van der Waals surface area contributed by atoms with E-state index >= 15 is 0 Å². The van der Waals surface area contributed by atoms with E-state index < -0.39 is 52.5 Å². The number of anilines is 1. The van der Waals surface area contributed by atoms with Gasteiger partial charge in [-0.05, 0) is 54.8 Å². The molecule has 0 radical (unpaired) electrons. The molecule has 0 bridgehead atoms. The number of hydrogen-bond acceptors (Lipinski definition) is 4. The number of carbonyl (C=O) groups is 2. The molecule has 2 fully saturated rings. The highest BCUT2D eigenvalue weighted by Crippen LogP contribution is 2.65. The molecule has 0 spiro atoms. The van der Waals surface area contributed by atoms with E-state index in [0.717, 1.165) is 0 Å². The average Bonchev–Trinajstić information content (AvgIpc) is 3.67. The predicted octanol–water partition coefficient (Wildman–Crippen LogP) is 5.91. The van der Waals surface area contributed by atoms with Gasteiger partial charge >= 0.3 is 6.18 Å². The number of benzene rings is 2. The number of aliphatic hydroxyl groups is 1. The van der Waals surface area contributed by atoms with Gasteiger partial charge in [0.05, 0.1) is 28.6 Å². The first-order chi connectivity index (χ1) is 17.1. The SMILES string of the molecule is O=C(NC1(C(O)NCC(F)(F)F)CC1)c1cc(NC(=O)C2C(c3cc(Cl)cc(Cl)c3)C2(Cl)Cl)ccc1Cl. The van der Waals surface area contributed by atoms with E-state index in [9.17, 15) is 27.9 Å². The van der Waals surface area contributed by atoms with Gasteiger partial charge < -0.3 is 15.7 Å². The first-order valence-corrected chi connectivity index (χ1v) is 12.8. The summed E-state index contributed by atoms with van der Waals surface area (Å²) in [5.74, 6) is -2.68. The molecule has 200 valence electrons. The van der Waals surface area contributed by atoms with Gasteiger partial charge in [0, 0.05) is 21.7 Å². The number of hydrogen-bond donors (Lipinski definition) is 4. The maximum absolute atomic E-state index is 13.0. The predicted molar refractivity (Wildman–Crippen MR) is 137 cm³/mol. The smallest absolute Gasteiger partial charge is 0.376 e. The van der Waals surface area contributed by atoms with Gasteiger partial charge in [0.2, 0.25) is 5.91 Å². The summed E-state index contributed by atoms with van der Waals surface area (Å²) in [6.07, 6.45) is -5.61. The van der Waals surface area contributed by atoms with E-state index in [2.05, 4.69) is 10.6 Å². The Bertz CT molecular complexity index is 1220. The molecular weight excluding hydrogens is 601 g/mol. The highest BCUT2D eigenvalue weighted by molar-refractivity contribution is 6.53. The monoisotopic (exact) mass is 617 g/mol. The van der Waals surface area contributed by atoms with Crippen LogP contribution in [-0.4, -0.2) is 45.7 Å². The lowest BCUT2D eigenvalue weighted by Gasteiger charge is -2.25. The Morgan fingerprint density at radius 1 is 1.05 bits per heavy atom. The number of halogens is 8. The molecule has 2 aromatic rings. The summed E-state index contributed by atoms with van der Waals surface area (Å²) in [5, 5.41) is 18.1. The second-order valence-corrected chi connectivity index (χ2v) is 11.7. The van der Waals surface area contributed by atoms with E-state index in [0.29, 0.717) is 15.6 Å². The van der Waals surface area contributed by atoms with Crippen molar-refractivity contribution >= 4 is 75.5 Å². The van der Waals surface area contributed by atoms with Crippen molar-refractivity contribution in [3.8, 4) is 0 Å². The van der Waals surface area contributed by atoms with Crippen LogP contribution in [0, 0.1) is 5.92 Å². The van der Waals surface area contributed by atoms with Crippen LogP contribution in [0.15, 0.2) is 36.4 Å². The molecule has 0 aliphatic heterocycles. The fraction of sp³-hybridized carbons (Fsp3) is 0.391. The Balaban J connectivity index is 1.44. The number of alkyl halides is 5. The van der Waals surface area contributed by atoms with Crippen LogP contribution in [0.25, 0.3) is 0 Å². The molecule has 2 aromatic carbocycles. The summed E-state index contributed by atoms with van der Waals surface area (Å²) >= 11 is 31.0. The fourth-order valence-electron chi connectivity index (χ4n) is 4.12. The summed E-state index contributed by atoms with van der Waals surface area (Å²) in [5.41, 5.74) is -0.516. The average molecular weight is 620 g/mol. The minimum atomic E-state index is -4.53. The lowest BCUT2D eigenvalue weighted by Crippen LogP contribution is -2.54. The van der Waals surface area contributed by atoms with Crippen molar-refractivity contribution in [2.24, 2.45) is 5.92 Å². The molecule has 2 aliphatic rings. The van der Waals surface area contributed by atoms with Gasteiger partial charge in [0.15, 0.2) is 0 Å². The summed E-state index contributed by atoms with van der Waals surface area (Å²) in [6.45, 7) is -1.42.